The lowest BCUT2D eigenvalue weighted by Crippen LogP contribution is -1.98. The first-order chi connectivity index (χ1) is 22.3. The third kappa shape index (κ3) is 3.74. The molecule has 0 aliphatic carbocycles. The summed E-state index contributed by atoms with van der Waals surface area (Å²) in [4.78, 5) is 0. The van der Waals surface area contributed by atoms with Gasteiger partial charge in [-0.1, -0.05) is 121 Å². The second kappa shape index (κ2) is 9.29. The average Bonchev–Trinajstić information content (AvgIpc) is 3.11. The van der Waals surface area contributed by atoms with Crippen molar-refractivity contribution in [3.05, 3.63) is 158 Å². The molecule has 0 unspecified atom stereocenters. The van der Waals surface area contributed by atoms with Gasteiger partial charge in [-0.2, -0.15) is 0 Å². The molecule has 1 aliphatic rings. The topological polar surface area (TPSA) is 9.23 Å². The highest BCUT2D eigenvalue weighted by atomic mass is 16.5. The van der Waals surface area contributed by atoms with Gasteiger partial charge in [0.1, 0.15) is 11.5 Å². The van der Waals surface area contributed by atoms with E-state index in [-0.39, 0.29) is 0 Å². The number of rotatable bonds is 2. The Morgan fingerprint density at radius 1 is 0.289 bits per heavy atom. The number of hydrogen-bond donors (Lipinski definition) is 0. The molecule has 0 N–H and O–H groups in total. The molecule has 0 saturated heterocycles. The van der Waals surface area contributed by atoms with E-state index >= 15 is 0 Å². The zero-order valence-electron chi connectivity index (χ0n) is 24.4. The van der Waals surface area contributed by atoms with Crippen molar-refractivity contribution in [3.63, 3.8) is 0 Å². The molecule has 1 aliphatic heterocycles. The standard InChI is InChI=1S/C44H26O/c1-3-8-36-27(6-1)12-17-35-24-32(18-20-38(35)36)30-14-13-29-23-31(16-15-28(29)22-30)33-19-21-42-41(25-33)40-11-5-10-39-37-9-4-2-7-34(37)26-43(45-42)44(39)40/h1-26H. The number of ether oxygens (including phenoxy) is 1. The molecule has 0 aromatic heterocycles. The highest BCUT2D eigenvalue weighted by molar-refractivity contribution is 6.16. The fourth-order valence-corrected chi connectivity index (χ4v) is 7.35. The van der Waals surface area contributed by atoms with Gasteiger partial charge in [0, 0.05) is 10.9 Å². The molecule has 0 radical (unpaired) electrons. The molecule has 0 amide bonds. The molecule has 208 valence electrons. The van der Waals surface area contributed by atoms with E-state index < -0.39 is 0 Å². The molecule has 0 fully saturated rings. The van der Waals surface area contributed by atoms with Gasteiger partial charge in [-0.05, 0) is 113 Å². The van der Waals surface area contributed by atoms with E-state index in [0.717, 1.165) is 17.1 Å². The molecule has 0 bridgehead atoms. The van der Waals surface area contributed by atoms with Gasteiger partial charge in [-0.25, -0.2) is 0 Å². The molecule has 45 heavy (non-hydrogen) atoms. The van der Waals surface area contributed by atoms with E-state index in [1.165, 1.54) is 81.7 Å². The lowest BCUT2D eigenvalue weighted by Gasteiger charge is -2.23. The van der Waals surface area contributed by atoms with Crippen LogP contribution in [0.1, 0.15) is 0 Å². The van der Waals surface area contributed by atoms with Crippen LogP contribution in [0.4, 0.5) is 0 Å². The summed E-state index contributed by atoms with van der Waals surface area (Å²) in [7, 11) is 0. The van der Waals surface area contributed by atoms with Gasteiger partial charge in [-0.15, -0.1) is 0 Å². The Bertz CT molecular complexity index is 2680. The summed E-state index contributed by atoms with van der Waals surface area (Å²) < 4.78 is 6.52. The van der Waals surface area contributed by atoms with Crippen LogP contribution in [0, 0.1) is 0 Å². The number of hydrogen-bond acceptors (Lipinski definition) is 1. The summed E-state index contributed by atoms with van der Waals surface area (Å²) in [5.74, 6) is 1.84. The summed E-state index contributed by atoms with van der Waals surface area (Å²) in [5.41, 5.74) is 7.22. The van der Waals surface area contributed by atoms with E-state index in [0.29, 0.717) is 0 Å². The summed E-state index contributed by atoms with van der Waals surface area (Å²) in [5, 5.41) is 12.5. The van der Waals surface area contributed by atoms with Crippen molar-refractivity contribution in [1.82, 2.24) is 0 Å². The van der Waals surface area contributed by atoms with Crippen LogP contribution >= 0.6 is 0 Å². The van der Waals surface area contributed by atoms with E-state index in [9.17, 15) is 0 Å². The van der Waals surface area contributed by atoms with Crippen LogP contribution in [0.2, 0.25) is 0 Å². The molecule has 0 spiro atoms. The average molecular weight is 571 g/mol. The Kier molecular flexibility index (Phi) is 5.06. The van der Waals surface area contributed by atoms with Crippen molar-refractivity contribution >= 4 is 53.9 Å². The monoisotopic (exact) mass is 570 g/mol. The summed E-state index contributed by atoms with van der Waals surface area (Å²) >= 11 is 0. The molecule has 0 atom stereocenters. The smallest absolute Gasteiger partial charge is 0.136 e. The first-order valence-corrected chi connectivity index (χ1v) is 15.5. The van der Waals surface area contributed by atoms with Crippen LogP contribution in [0.5, 0.6) is 11.5 Å². The van der Waals surface area contributed by atoms with Gasteiger partial charge < -0.3 is 4.74 Å². The van der Waals surface area contributed by atoms with Crippen molar-refractivity contribution in [2.45, 2.75) is 0 Å². The Morgan fingerprint density at radius 3 is 1.62 bits per heavy atom. The Morgan fingerprint density at radius 2 is 0.822 bits per heavy atom. The first kappa shape index (κ1) is 24.5. The highest BCUT2D eigenvalue weighted by Gasteiger charge is 2.22. The van der Waals surface area contributed by atoms with Crippen LogP contribution in [0.3, 0.4) is 0 Å². The van der Waals surface area contributed by atoms with E-state index in [1.54, 1.807) is 0 Å². The van der Waals surface area contributed by atoms with Crippen molar-refractivity contribution < 1.29 is 4.74 Å². The third-order valence-electron chi connectivity index (χ3n) is 9.59. The minimum absolute atomic E-state index is 0.905. The highest BCUT2D eigenvalue weighted by Crippen LogP contribution is 2.49. The van der Waals surface area contributed by atoms with Crippen LogP contribution in [0.15, 0.2) is 158 Å². The van der Waals surface area contributed by atoms with Gasteiger partial charge in [0.25, 0.3) is 0 Å². The lowest BCUT2D eigenvalue weighted by atomic mass is 9.90. The Labute approximate surface area is 260 Å². The van der Waals surface area contributed by atoms with Crippen molar-refractivity contribution in [3.8, 4) is 44.9 Å². The van der Waals surface area contributed by atoms with Gasteiger partial charge in [-0.3, -0.25) is 0 Å². The zero-order chi connectivity index (χ0) is 29.5. The minimum atomic E-state index is 0.905. The lowest BCUT2D eigenvalue weighted by molar-refractivity contribution is 0.488. The molecule has 9 aromatic carbocycles. The Balaban J connectivity index is 1.04. The van der Waals surface area contributed by atoms with Crippen molar-refractivity contribution in [2.75, 3.05) is 0 Å². The third-order valence-corrected chi connectivity index (χ3v) is 9.59. The number of fused-ring (bicyclic) bond motifs is 8. The predicted octanol–water partition coefficient (Wildman–Crippen LogP) is 12.6. The summed E-state index contributed by atoms with van der Waals surface area (Å²) in [6, 6.07) is 57.4. The molecular weight excluding hydrogens is 544 g/mol. The van der Waals surface area contributed by atoms with Gasteiger partial charge in [0.15, 0.2) is 0 Å². The fourth-order valence-electron chi connectivity index (χ4n) is 7.35. The molecule has 1 heterocycles. The summed E-state index contributed by atoms with van der Waals surface area (Å²) in [6.45, 7) is 0. The molecular formula is C44H26O. The van der Waals surface area contributed by atoms with Crippen LogP contribution in [-0.4, -0.2) is 0 Å². The van der Waals surface area contributed by atoms with Gasteiger partial charge >= 0.3 is 0 Å². The van der Waals surface area contributed by atoms with Crippen molar-refractivity contribution in [1.29, 1.82) is 0 Å². The van der Waals surface area contributed by atoms with Crippen molar-refractivity contribution in [2.24, 2.45) is 0 Å². The minimum Gasteiger partial charge on any atom is -0.456 e. The molecule has 9 aromatic rings. The normalized spacial score (nSPS) is 12.2. The maximum Gasteiger partial charge on any atom is 0.136 e. The van der Waals surface area contributed by atoms with E-state index in [2.05, 4.69) is 158 Å². The quantitative estimate of drug-likeness (QED) is 0.188. The first-order valence-electron chi connectivity index (χ1n) is 15.5. The SMILES string of the molecule is c1ccc2c(c1)ccc1cc(-c3ccc4cc(-c5ccc6c(c5)-c5cccc7c5c(cc5ccccc57)O6)ccc4c3)ccc12. The number of benzene rings is 9. The Hall–Kier alpha value is -5.92. The second-order valence-corrected chi connectivity index (χ2v) is 12.1. The maximum absolute atomic E-state index is 6.52. The molecule has 1 nitrogen and oxygen atoms in total. The fraction of sp³-hybridized carbons (Fsp3) is 0. The van der Waals surface area contributed by atoms with Gasteiger partial charge in [0.05, 0.1) is 0 Å². The van der Waals surface area contributed by atoms with E-state index in [4.69, 9.17) is 4.74 Å². The van der Waals surface area contributed by atoms with Crippen LogP contribution < -0.4 is 4.74 Å². The maximum atomic E-state index is 6.52. The largest absolute Gasteiger partial charge is 0.456 e. The van der Waals surface area contributed by atoms with Crippen LogP contribution in [0.25, 0.3) is 87.2 Å². The van der Waals surface area contributed by atoms with Gasteiger partial charge in [0.2, 0.25) is 0 Å². The van der Waals surface area contributed by atoms with Crippen LogP contribution in [-0.2, 0) is 0 Å². The zero-order valence-corrected chi connectivity index (χ0v) is 24.4. The molecule has 1 heteroatoms. The predicted molar refractivity (Wildman–Crippen MR) is 190 cm³/mol. The molecule has 10 rings (SSSR count). The van der Waals surface area contributed by atoms with E-state index in [1.807, 2.05) is 0 Å². The summed E-state index contributed by atoms with van der Waals surface area (Å²) in [6.07, 6.45) is 0. The second-order valence-electron chi connectivity index (χ2n) is 12.1. The molecule has 0 saturated carbocycles.